The maximum atomic E-state index is 5.99. The van der Waals surface area contributed by atoms with Gasteiger partial charge in [-0.15, -0.1) is 0 Å². The molecule has 0 saturated heterocycles. The number of halogens is 1. The Morgan fingerprint density at radius 3 is 2.88 bits per heavy atom. The molecule has 1 aromatic carbocycles. The second kappa shape index (κ2) is 4.80. The van der Waals surface area contributed by atoms with E-state index in [1.807, 2.05) is 35.1 Å². The van der Waals surface area contributed by atoms with Gasteiger partial charge in [-0.3, -0.25) is 4.68 Å². The summed E-state index contributed by atoms with van der Waals surface area (Å²) in [5.74, 6) is 0. The summed E-state index contributed by atoms with van der Waals surface area (Å²) in [4.78, 5) is 0. The first-order valence-electron chi connectivity index (χ1n) is 5.72. The number of aromatic nitrogens is 2. The molecule has 1 heterocycles. The van der Waals surface area contributed by atoms with E-state index in [-0.39, 0.29) is 0 Å². The molecule has 0 fully saturated rings. The Labute approximate surface area is 106 Å². The fourth-order valence-corrected chi connectivity index (χ4v) is 1.87. The van der Waals surface area contributed by atoms with E-state index in [0.29, 0.717) is 16.8 Å². The topological polar surface area (TPSA) is 43.8 Å². The number of anilines is 1. The molecule has 0 spiro atoms. The van der Waals surface area contributed by atoms with Crippen LogP contribution in [0, 0.1) is 0 Å². The normalized spacial score (nSPS) is 12.6. The van der Waals surface area contributed by atoms with E-state index in [9.17, 15) is 0 Å². The quantitative estimate of drug-likeness (QED) is 0.900. The molecule has 1 unspecified atom stereocenters. The molecule has 2 aromatic rings. The van der Waals surface area contributed by atoms with Gasteiger partial charge in [0.15, 0.2) is 0 Å². The van der Waals surface area contributed by atoms with Gasteiger partial charge in [0, 0.05) is 22.8 Å². The van der Waals surface area contributed by atoms with Gasteiger partial charge in [-0.1, -0.05) is 30.7 Å². The summed E-state index contributed by atoms with van der Waals surface area (Å²) in [6.45, 7) is 4.25. The monoisotopic (exact) mass is 249 g/mol. The summed E-state index contributed by atoms with van der Waals surface area (Å²) in [5.41, 5.74) is 8.43. The summed E-state index contributed by atoms with van der Waals surface area (Å²) in [7, 11) is 0. The average Bonchev–Trinajstić information content (AvgIpc) is 2.70. The number of hydrogen-bond donors (Lipinski definition) is 1. The van der Waals surface area contributed by atoms with E-state index in [1.165, 1.54) is 0 Å². The molecule has 1 aromatic heterocycles. The second-order valence-electron chi connectivity index (χ2n) is 4.18. The molecule has 4 heteroatoms. The van der Waals surface area contributed by atoms with Crippen LogP contribution in [0.1, 0.15) is 26.3 Å². The van der Waals surface area contributed by atoms with Gasteiger partial charge in [0.25, 0.3) is 0 Å². The first kappa shape index (κ1) is 12.0. The van der Waals surface area contributed by atoms with Crippen molar-refractivity contribution in [1.29, 1.82) is 0 Å². The van der Waals surface area contributed by atoms with Crippen LogP contribution in [-0.2, 0) is 0 Å². The van der Waals surface area contributed by atoms with Gasteiger partial charge in [0.2, 0.25) is 0 Å². The molecule has 0 aliphatic rings. The smallest absolute Gasteiger partial charge is 0.115 e. The number of nitrogens with zero attached hydrogens (tertiary/aromatic N) is 2. The predicted octanol–water partition coefficient (Wildman–Crippen LogP) is 3.76. The zero-order valence-corrected chi connectivity index (χ0v) is 10.8. The van der Waals surface area contributed by atoms with Crippen molar-refractivity contribution >= 4 is 17.3 Å². The Morgan fingerprint density at radius 1 is 1.47 bits per heavy atom. The van der Waals surface area contributed by atoms with Crippen LogP contribution in [0.3, 0.4) is 0 Å². The Hall–Kier alpha value is -1.48. The van der Waals surface area contributed by atoms with Gasteiger partial charge in [-0.05, 0) is 25.5 Å². The van der Waals surface area contributed by atoms with Gasteiger partial charge in [0.1, 0.15) is 5.69 Å². The van der Waals surface area contributed by atoms with Gasteiger partial charge in [-0.2, -0.15) is 5.10 Å². The summed E-state index contributed by atoms with van der Waals surface area (Å²) >= 11 is 5.97. The minimum atomic E-state index is 0.352. The van der Waals surface area contributed by atoms with E-state index < -0.39 is 0 Å². The molecule has 0 bridgehead atoms. The van der Waals surface area contributed by atoms with Crippen LogP contribution in [0.5, 0.6) is 0 Å². The van der Waals surface area contributed by atoms with Gasteiger partial charge in [0.05, 0.1) is 5.69 Å². The SMILES string of the molecule is CCC(C)n1cc(N)c(-c2cccc(Cl)c2)n1. The number of rotatable bonds is 3. The zero-order valence-electron chi connectivity index (χ0n) is 10.0. The van der Waals surface area contributed by atoms with E-state index >= 15 is 0 Å². The van der Waals surface area contributed by atoms with Crippen LogP contribution in [0.2, 0.25) is 5.02 Å². The highest BCUT2D eigenvalue weighted by molar-refractivity contribution is 6.30. The second-order valence-corrected chi connectivity index (χ2v) is 4.62. The highest BCUT2D eigenvalue weighted by Crippen LogP contribution is 2.27. The number of nitrogens with two attached hydrogens (primary N) is 1. The molecule has 1 atom stereocenters. The van der Waals surface area contributed by atoms with E-state index in [4.69, 9.17) is 17.3 Å². The maximum absolute atomic E-state index is 5.99. The first-order valence-corrected chi connectivity index (χ1v) is 6.10. The summed E-state index contributed by atoms with van der Waals surface area (Å²) in [5, 5.41) is 5.22. The molecule has 90 valence electrons. The van der Waals surface area contributed by atoms with Crippen molar-refractivity contribution in [3.8, 4) is 11.3 Å². The molecule has 0 amide bonds. The molecular weight excluding hydrogens is 234 g/mol. The van der Waals surface area contributed by atoms with E-state index in [0.717, 1.165) is 17.7 Å². The molecular formula is C13H16ClN3. The minimum Gasteiger partial charge on any atom is -0.396 e. The average molecular weight is 250 g/mol. The predicted molar refractivity (Wildman–Crippen MR) is 72.1 cm³/mol. The van der Waals surface area contributed by atoms with Crippen LogP contribution in [-0.4, -0.2) is 9.78 Å². The third kappa shape index (κ3) is 2.44. The molecule has 2 rings (SSSR count). The molecule has 0 radical (unpaired) electrons. The Kier molecular flexibility index (Phi) is 3.38. The largest absolute Gasteiger partial charge is 0.396 e. The molecule has 17 heavy (non-hydrogen) atoms. The molecule has 2 N–H and O–H groups in total. The Balaban J connectivity index is 2.42. The van der Waals surface area contributed by atoms with Gasteiger partial charge >= 0.3 is 0 Å². The first-order chi connectivity index (χ1) is 8.11. The van der Waals surface area contributed by atoms with Crippen LogP contribution in [0.25, 0.3) is 11.3 Å². The van der Waals surface area contributed by atoms with E-state index in [1.54, 1.807) is 0 Å². The molecule has 0 saturated carbocycles. The lowest BCUT2D eigenvalue weighted by Crippen LogP contribution is -2.04. The minimum absolute atomic E-state index is 0.352. The number of hydrogen-bond acceptors (Lipinski definition) is 2. The van der Waals surface area contributed by atoms with Gasteiger partial charge < -0.3 is 5.73 Å². The number of benzene rings is 1. The Bertz CT molecular complexity index is 519. The van der Waals surface area contributed by atoms with Crippen molar-refractivity contribution in [3.63, 3.8) is 0 Å². The third-order valence-electron chi connectivity index (χ3n) is 2.90. The summed E-state index contributed by atoms with van der Waals surface area (Å²) in [6.07, 6.45) is 2.90. The Morgan fingerprint density at radius 2 is 2.24 bits per heavy atom. The van der Waals surface area contributed by atoms with Crippen LogP contribution < -0.4 is 5.73 Å². The lowest BCUT2D eigenvalue weighted by Gasteiger charge is -2.07. The fraction of sp³-hybridized carbons (Fsp3) is 0.308. The van der Waals surface area contributed by atoms with Crippen LogP contribution >= 0.6 is 11.6 Å². The third-order valence-corrected chi connectivity index (χ3v) is 3.14. The van der Waals surface area contributed by atoms with Crippen LogP contribution in [0.15, 0.2) is 30.5 Å². The lowest BCUT2D eigenvalue weighted by atomic mass is 10.1. The lowest BCUT2D eigenvalue weighted by molar-refractivity contribution is 0.479. The van der Waals surface area contributed by atoms with Crippen LogP contribution in [0.4, 0.5) is 5.69 Å². The van der Waals surface area contributed by atoms with Crippen molar-refractivity contribution < 1.29 is 0 Å². The standard InChI is InChI=1S/C13H16ClN3/c1-3-9(2)17-8-12(15)13(16-17)10-5-4-6-11(14)7-10/h4-9H,3,15H2,1-2H3. The van der Waals surface area contributed by atoms with Crippen molar-refractivity contribution in [2.24, 2.45) is 0 Å². The highest BCUT2D eigenvalue weighted by atomic mass is 35.5. The zero-order chi connectivity index (χ0) is 12.4. The summed E-state index contributed by atoms with van der Waals surface area (Å²) in [6, 6.07) is 7.93. The molecule has 3 nitrogen and oxygen atoms in total. The highest BCUT2D eigenvalue weighted by Gasteiger charge is 2.11. The number of nitrogen functional groups attached to an aromatic ring is 1. The van der Waals surface area contributed by atoms with Crippen molar-refractivity contribution in [3.05, 3.63) is 35.5 Å². The van der Waals surface area contributed by atoms with Crippen molar-refractivity contribution in [2.75, 3.05) is 5.73 Å². The van der Waals surface area contributed by atoms with E-state index in [2.05, 4.69) is 18.9 Å². The maximum Gasteiger partial charge on any atom is 0.115 e. The van der Waals surface area contributed by atoms with Crippen molar-refractivity contribution in [2.45, 2.75) is 26.3 Å². The molecule has 0 aliphatic carbocycles. The summed E-state index contributed by atoms with van der Waals surface area (Å²) < 4.78 is 1.91. The van der Waals surface area contributed by atoms with Crippen molar-refractivity contribution in [1.82, 2.24) is 9.78 Å². The molecule has 0 aliphatic heterocycles. The fourth-order valence-electron chi connectivity index (χ4n) is 1.68. The van der Waals surface area contributed by atoms with Gasteiger partial charge in [-0.25, -0.2) is 0 Å².